The summed E-state index contributed by atoms with van der Waals surface area (Å²) >= 11 is 0. The largest absolute Gasteiger partial charge is 0.465 e. The Morgan fingerprint density at radius 3 is 2.35 bits per heavy atom. The molecule has 0 heterocycles. The second-order valence-corrected chi connectivity index (χ2v) is 5.08. The van der Waals surface area contributed by atoms with Gasteiger partial charge in [-0.1, -0.05) is 26.0 Å². The van der Waals surface area contributed by atoms with Crippen LogP contribution in [-0.2, 0) is 11.2 Å². The lowest BCUT2D eigenvalue weighted by Gasteiger charge is -2.17. The molecule has 0 fully saturated rings. The molecule has 1 rings (SSSR count). The third kappa shape index (κ3) is 5.11. The molecule has 1 aromatic carbocycles. The minimum Gasteiger partial charge on any atom is -0.465 e. The van der Waals surface area contributed by atoms with Gasteiger partial charge in [0.2, 0.25) is 0 Å². The number of nitrogens with one attached hydrogen (secondary N) is 1. The van der Waals surface area contributed by atoms with Crippen LogP contribution in [0.1, 0.15) is 31.4 Å². The first-order valence-corrected chi connectivity index (χ1v) is 6.43. The highest BCUT2D eigenvalue weighted by Crippen LogP contribution is 2.10. The van der Waals surface area contributed by atoms with E-state index in [0.29, 0.717) is 18.4 Å². The number of carbonyl (C=O) groups is 2. The standard InChI is InChI=1S/C15H18N2O3/c1-10(2)7-14(18)13(17-15(19)20)8-11-3-5-12(9-16)6-4-11/h3-6,10,13,17H,7-8H2,1-2H3,(H,19,20)/t13-/m1/s1. The fourth-order valence-electron chi connectivity index (χ4n) is 1.89. The first kappa shape index (κ1) is 15.7. The number of carbonyl (C=O) groups excluding carboxylic acids is 1. The first-order chi connectivity index (χ1) is 9.42. The topological polar surface area (TPSA) is 90.2 Å². The fraction of sp³-hybridized carbons (Fsp3) is 0.400. The van der Waals surface area contributed by atoms with Crippen molar-refractivity contribution in [3.8, 4) is 6.07 Å². The van der Waals surface area contributed by atoms with Crippen LogP contribution < -0.4 is 5.32 Å². The summed E-state index contributed by atoms with van der Waals surface area (Å²) < 4.78 is 0. The van der Waals surface area contributed by atoms with E-state index in [1.807, 2.05) is 19.9 Å². The zero-order valence-electron chi connectivity index (χ0n) is 11.6. The number of carboxylic acid groups (broad SMARTS) is 1. The summed E-state index contributed by atoms with van der Waals surface area (Å²) in [6, 6.07) is 8.04. The lowest BCUT2D eigenvalue weighted by molar-refractivity contribution is -0.121. The van der Waals surface area contributed by atoms with Crippen molar-refractivity contribution in [2.24, 2.45) is 5.92 Å². The number of ketones is 1. The molecule has 0 radical (unpaired) electrons. The molecule has 0 bridgehead atoms. The molecule has 0 aliphatic rings. The smallest absolute Gasteiger partial charge is 0.405 e. The van der Waals surface area contributed by atoms with E-state index in [9.17, 15) is 9.59 Å². The molecule has 1 atom stereocenters. The van der Waals surface area contributed by atoms with Crippen LogP contribution in [0.4, 0.5) is 4.79 Å². The molecule has 106 valence electrons. The molecule has 5 nitrogen and oxygen atoms in total. The van der Waals surface area contributed by atoms with Gasteiger partial charge in [-0.15, -0.1) is 0 Å². The van der Waals surface area contributed by atoms with Crippen molar-refractivity contribution in [1.29, 1.82) is 5.26 Å². The Bertz CT molecular complexity index is 515. The number of nitrogens with zero attached hydrogens (tertiary/aromatic N) is 1. The Morgan fingerprint density at radius 2 is 1.90 bits per heavy atom. The predicted octanol–water partition coefficient (Wildman–Crippen LogP) is 2.35. The molecule has 1 aromatic rings. The predicted molar refractivity (Wildman–Crippen MR) is 74.3 cm³/mol. The lowest BCUT2D eigenvalue weighted by Crippen LogP contribution is -2.42. The molecular weight excluding hydrogens is 256 g/mol. The van der Waals surface area contributed by atoms with Gasteiger partial charge >= 0.3 is 6.09 Å². The molecule has 5 heteroatoms. The molecule has 0 saturated heterocycles. The molecule has 0 spiro atoms. The van der Waals surface area contributed by atoms with Gasteiger partial charge in [0.1, 0.15) is 0 Å². The Labute approximate surface area is 118 Å². The summed E-state index contributed by atoms with van der Waals surface area (Å²) in [5.41, 5.74) is 1.35. The maximum absolute atomic E-state index is 12.0. The number of hydrogen-bond donors (Lipinski definition) is 2. The average Bonchev–Trinajstić information content (AvgIpc) is 2.37. The van der Waals surface area contributed by atoms with Gasteiger partial charge in [-0.05, 0) is 30.0 Å². The average molecular weight is 274 g/mol. The van der Waals surface area contributed by atoms with Crippen molar-refractivity contribution >= 4 is 11.9 Å². The third-order valence-corrected chi connectivity index (χ3v) is 2.82. The highest BCUT2D eigenvalue weighted by atomic mass is 16.4. The molecule has 0 aromatic heterocycles. The van der Waals surface area contributed by atoms with Crippen LogP contribution in [-0.4, -0.2) is 23.0 Å². The van der Waals surface area contributed by atoms with E-state index in [1.165, 1.54) is 0 Å². The van der Waals surface area contributed by atoms with Crippen LogP contribution in [0.3, 0.4) is 0 Å². The van der Waals surface area contributed by atoms with Crippen LogP contribution in [0.2, 0.25) is 0 Å². The van der Waals surface area contributed by atoms with Crippen LogP contribution in [0.5, 0.6) is 0 Å². The van der Waals surface area contributed by atoms with Crippen molar-refractivity contribution in [1.82, 2.24) is 5.32 Å². The zero-order valence-corrected chi connectivity index (χ0v) is 11.6. The summed E-state index contributed by atoms with van der Waals surface area (Å²) in [6.07, 6.45) is -0.578. The molecule has 1 amide bonds. The lowest BCUT2D eigenvalue weighted by atomic mass is 9.96. The minimum atomic E-state index is -1.21. The van der Waals surface area contributed by atoms with Crippen molar-refractivity contribution in [3.05, 3.63) is 35.4 Å². The number of hydrogen-bond acceptors (Lipinski definition) is 3. The van der Waals surface area contributed by atoms with Gasteiger partial charge in [-0.3, -0.25) is 4.79 Å². The first-order valence-electron chi connectivity index (χ1n) is 6.43. The van der Waals surface area contributed by atoms with E-state index < -0.39 is 12.1 Å². The van der Waals surface area contributed by atoms with Crippen molar-refractivity contribution in [2.75, 3.05) is 0 Å². The SMILES string of the molecule is CC(C)CC(=O)[C@@H](Cc1ccc(C#N)cc1)NC(=O)O. The van der Waals surface area contributed by atoms with Crippen molar-refractivity contribution < 1.29 is 14.7 Å². The molecule has 2 N–H and O–H groups in total. The third-order valence-electron chi connectivity index (χ3n) is 2.82. The summed E-state index contributed by atoms with van der Waals surface area (Å²) in [4.78, 5) is 22.8. The van der Waals surface area contributed by atoms with Gasteiger partial charge in [-0.25, -0.2) is 4.79 Å². The highest BCUT2D eigenvalue weighted by molar-refractivity contribution is 5.87. The van der Waals surface area contributed by atoms with Crippen LogP contribution in [0, 0.1) is 17.2 Å². The summed E-state index contributed by atoms with van der Waals surface area (Å²) in [5, 5.41) is 19.8. The Hall–Kier alpha value is -2.35. The summed E-state index contributed by atoms with van der Waals surface area (Å²) in [6.45, 7) is 3.83. The van der Waals surface area contributed by atoms with Crippen molar-refractivity contribution in [2.45, 2.75) is 32.7 Å². The number of rotatable bonds is 6. The van der Waals surface area contributed by atoms with Crippen LogP contribution in [0.25, 0.3) is 0 Å². The molecule has 0 unspecified atom stereocenters. The molecule has 20 heavy (non-hydrogen) atoms. The number of benzene rings is 1. The van der Waals surface area contributed by atoms with E-state index in [4.69, 9.17) is 10.4 Å². The highest BCUT2D eigenvalue weighted by Gasteiger charge is 2.21. The summed E-state index contributed by atoms with van der Waals surface area (Å²) in [7, 11) is 0. The second-order valence-electron chi connectivity index (χ2n) is 5.08. The maximum atomic E-state index is 12.0. The van der Waals surface area contributed by atoms with Crippen molar-refractivity contribution in [3.63, 3.8) is 0 Å². The normalized spacial score (nSPS) is 11.7. The molecule has 0 aliphatic heterocycles. The maximum Gasteiger partial charge on any atom is 0.405 e. The Kier molecular flexibility index (Phi) is 5.73. The van der Waals surface area contributed by atoms with Gasteiger partial charge in [0.25, 0.3) is 0 Å². The van der Waals surface area contributed by atoms with Gasteiger partial charge < -0.3 is 10.4 Å². The minimum absolute atomic E-state index is 0.119. The second kappa shape index (κ2) is 7.29. The van der Waals surface area contributed by atoms with E-state index in [2.05, 4.69) is 5.32 Å². The van der Waals surface area contributed by atoms with E-state index in [-0.39, 0.29) is 11.7 Å². The Morgan fingerprint density at radius 1 is 1.30 bits per heavy atom. The van der Waals surface area contributed by atoms with E-state index in [1.54, 1.807) is 24.3 Å². The molecule has 0 aliphatic carbocycles. The molecular formula is C15H18N2O3. The summed E-state index contributed by atoms with van der Waals surface area (Å²) in [5.74, 6) is 0.0633. The van der Waals surface area contributed by atoms with E-state index >= 15 is 0 Å². The van der Waals surface area contributed by atoms with Gasteiger partial charge in [0, 0.05) is 6.42 Å². The van der Waals surface area contributed by atoms with Crippen LogP contribution in [0.15, 0.2) is 24.3 Å². The number of Topliss-reactive ketones (excluding diaryl/α,β-unsaturated/α-hetero) is 1. The van der Waals surface area contributed by atoms with Gasteiger partial charge in [-0.2, -0.15) is 5.26 Å². The zero-order chi connectivity index (χ0) is 15.1. The number of nitriles is 1. The molecule has 0 saturated carbocycles. The quantitative estimate of drug-likeness (QED) is 0.833. The fourth-order valence-corrected chi connectivity index (χ4v) is 1.89. The van der Waals surface area contributed by atoms with E-state index in [0.717, 1.165) is 5.56 Å². The van der Waals surface area contributed by atoms with Gasteiger partial charge in [0.15, 0.2) is 5.78 Å². The van der Waals surface area contributed by atoms with Gasteiger partial charge in [0.05, 0.1) is 17.7 Å². The Balaban J connectivity index is 2.80. The van der Waals surface area contributed by atoms with Crippen LogP contribution >= 0.6 is 0 Å². The monoisotopic (exact) mass is 274 g/mol. The number of amides is 1.